The van der Waals surface area contributed by atoms with Gasteiger partial charge in [-0.25, -0.2) is 8.42 Å². The fourth-order valence-electron chi connectivity index (χ4n) is 3.35. The lowest BCUT2D eigenvalue weighted by molar-refractivity contribution is 0.318. The maximum atomic E-state index is 11.9. The van der Waals surface area contributed by atoms with Gasteiger partial charge in [0, 0.05) is 31.5 Å². The Balaban J connectivity index is 2.03. The van der Waals surface area contributed by atoms with Crippen LogP contribution in [0.2, 0.25) is 0 Å². The number of thiocarbonyl (C=S) groups is 1. The number of unbranched alkanes of at least 4 members (excludes halogenated alkanes) is 1. The second kappa shape index (κ2) is 10.2. The van der Waals surface area contributed by atoms with Crippen LogP contribution in [0.5, 0.6) is 0 Å². The van der Waals surface area contributed by atoms with E-state index in [1.54, 1.807) is 6.20 Å². The molecule has 0 aromatic carbocycles. The molecule has 0 amide bonds. The monoisotopic (exact) mass is 397 g/mol. The molecule has 2 heterocycles. The number of hydrogen-bond acceptors (Lipinski definition) is 4. The van der Waals surface area contributed by atoms with E-state index in [-0.39, 0.29) is 17.5 Å². The Morgan fingerprint density at radius 1 is 1.46 bits per heavy atom. The van der Waals surface area contributed by atoms with Crippen molar-refractivity contribution in [2.75, 3.05) is 18.1 Å². The Morgan fingerprint density at radius 2 is 2.27 bits per heavy atom. The van der Waals surface area contributed by atoms with Crippen molar-refractivity contribution in [3.63, 3.8) is 0 Å². The van der Waals surface area contributed by atoms with Crippen molar-refractivity contribution < 1.29 is 8.42 Å². The molecular weight excluding hydrogens is 366 g/mol. The summed E-state index contributed by atoms with van der Waals surface area (Å²) in [5.74, 6) is 1.03. The summed E-state index contributed by atoms with van der Waals surface area (Å²) < 4.78 is 23.9. The van der Waals surface area contributed by atoms with Gasteiger partial charge in [-0.05, 0) is 42.6 Å². The molecule has 2 rings (SSSR count). The fourth-order valence-corrected chi connectivity index (χ4v) is 5.38. The lowest BCUT2D eigenvalue weighted by atomic mass is 9.99. The van der Waals surface area contributed by atoms with E-state index in [0.29, 0.717) is 24.0 Å². The van der Waals surface area contributed by atoms with Gasteiger partial charge >= 0.3 is 0 Å². The van der Waals surface area contributed by atoms with E-state index in [1.807, 2.05) is 23.2 Å². The molecule has 1 N–H and O–H groups in total. The zero-order valence-electron chi connectivity index (χ0n) is 15.9. The number of nitrogens with zero attached hydrogens (tertiary/aromatic N) is 2. The molecular formula is C19H31N3O2S2. The molecule has 0 unspecified atom stereocenters. The van der Waals surface area contributed by atoms with Crippen LogP contribution in [0.3, 0.4) is 0 Å². The third kappa shape index (κ3) is 6.50. The molecule has 1 fully saturated rings. The molecule has 0 radical (unpaired) electrons. The SMILES string of the molecule is CCCC[C@@H](CC)CNC(=S)N(Cc1cccnc1)[C@@H]1CCS(=O)(=O)C1. The molecule has 1 aliphatic rings. The van der Waals surface area contributed by atoms with Crippen LogP contribution in [0.25, 0.3) is 0 Å². The van der Waals surface area contributed by atoms with Crippen molar-refractivity contribution in [1.29, 1.82) is 0 Å². The molecule has 1 aliphatic heterocycles. The van der Waals surface area contributed by atoms with Crippen molar-refractivity contribution in [1.82, 2.24) is 15.2 Å². The van der Waals surface area contributed by atoms with E-state index in [9.17, 15) is 8.42 Å². The first-order chi connectivity index (χ1) is 12.4. The smallest absolute Gasteiger partial charge is 0.169 e. The Hall–Kier alpha value is -1.21. The minimum Gasteiger partial charge on any atom is -0.362 e. The Morgan fingerprint density at radius 3 is 2.85 bits per heavy atom. The van der Waals surface area contributed by atoms with Crippen LogP contribution in [-0.4, -0.2) is 47.5 Å². The molecule has 0 saturated carbocycles. The summed E-state index contributed by atoms with van der Waals surface area (Å²) in [6, 6.07) is 3.84. The fraction of sp³-hybridized carbons (Fsp3) is 0.684. The quantitative estimate of drug-likeness (QED) is 0.646. The van der Waals surface area contributed by atoms with Gasteiger partial charge in [0.15, 0.2) is 14.9 Å². The van der Waals surface area contributed by atoms with Gasteiger partial charge in [-0.15, -0.1) is 0 Å². The topological polar surface area (TPSA) is 62.3 Å². The molecule has 5 nitrogen and oxygen atoms in total. The molecule has 0 aliphatic carbocycles. The number of sulfone groups is 1. The normalized spacial score (nSPS) is 19.8. The number of hydrogen-bond donors (Lipinski definition) is 1. The van der Waals surface area contributed by atoms with Crippen LogP contribution in [0.1, 0.15) is 51.5 Å². The average Bonchev–Trinajstić information content (AvgIpc) is 3.00. The van der Waals surface area contributed by atoms with E-state index >= 15 is 0 Å². The maximum absolute atomic E-state index is 11.9. The third-order valence-electron chi connectivity index (χ3n) is 5.07. The van der Waals surface area contributed by atoms with E-state index in [0.717, 1.165) is 18.5 Å². The second-order valence-electron chi connectivity index (χ2n) is 7.15. The Labute approximate surface area is 163 Å². The molecule has 1 saturated heterocycles. The van der Waals surface area contributed by atoms with Crippen molar-refractivity contribution in [2.45, 2.75) is 58.5 Å². The minimum atomic E-state index is -2.96. The number of aromatic nitrogens is 1. The highest BCUT2D eigenvalue weighted by Crippen LogP contribution is 2.20. The summed E-state index contributed by atoms with van der Waals surface area (Å²) in [6.45, 7) is 5.85. The Bertz CT molecular complexity index is 665. The van der Waals surface area contributed by atoms with Gasteiger partial charge in [-0.2, -0.15) is 0 Å². The van der Waals surface area contributed by atoms with Gasteiger partial charge in [-0.1, -0.05) is 39.2 Å². The summed E-state index contributed by atoms with van der Waals surface area (Å²) in [4.78, 5) is 6.21. The van der Waals surface area contributed by atoms with Gasteiger partial charge in [0.2, 0.25) is 0 Å². The predicted molar refractivity (Wildman–Crippen MR) is 111 cm³/mol. The van der Waals surface area contributed by atoms with Gasteiger partial charge in [0.1, 0.15) is 0 Å². The lowest BCUT2D eigenvalue weighted by Gasteiger charge is -2.32. The van der Waals surface area contributed by atoms with Gasteiger partial charge < -0.3 is 10.2 Å². The third-order valence-corrected chi connectivity index (χ3v) is 7.20. The maximum Gasteiger partial charge on any atom is 0.169 e. The number of nitrogens with one attached hydrogen (secondary N) is 1. The van der Waals surface area contributed by atoms with Crippen LogP contribution in [0.15, 0.2) is 24.5 Å². The highest BCUT2D eigenvalue weighted by Gasteiger charge is 2.33. The molecule has 1 aromatic rings. The molecule has 0 spiro atoms. The standard InChI is InChI=1S/C19H31N3O2S2/c1-3-5-7-16(4-2)13-21-19(25)22(14-17-8-6-10-20-12-17)18-9-11-26(23,24)15-18/h6,8,10,12,16,18H,3-5,7,9,11,13-15H2,1-2H3,(H,21,25)/t16-,18-/m1/s1. The molecule has 146 valence electrons. The lowest BCUT2D eigenvalue weighted by Crippen LogP contribution is -2.47. The zero-order chi connectivity index (χ0) is 19.0. The minimum absolute atomic E-state index is 0.0593. The second-order valence-corrected chi connectivity index (χ2v) is 9.76. The highest BCUT2D eigenvalue weighted by molar-refractivity contribution is 7.91. The van der Waals surface area contributed by atoms with Crippen molar-refractivity contribution in [3.8, 4) is 0 Å². The molecule has 2 atom stereocenters. The van der Waals surface area contributed by atoms with Crippen molar-refractivity contribution in [2.24, 2.45) is 5.92 Å². The largest absolute Gasteiger partial charge is 0.362 e. The highest BCUT2D eigenvalue weighted by atomic mass is 32.2. The number of pyridine rings is 1. The predicted octanol–water partition coefficient (Wildman–Crippen LogP) is 3.16. The zero-order valence-corrected chi connectivity index (χ0v) is 17.5. The molecule has 7 heteroatoms. The molecule has 0 bridgehead atoms. The summed E-state index contributed by atoms with van der Waals surface area (Å²) >= 11 is 5.66. The first-order valence-corrected chi connectivity index (χ1v) is 11.8. The average molecular weight is 398 g/mol. The van der Waals surface area contributed by atoms with Crippen LogP contribution in [-0.2, 0) is 16.4 Å². The molecule has 26 heavy (non-hydrogen) atoms. The van der Waals surface area contributed by atoms with Crippen LogP contribution in [0, 0.1) is 5.92 Å². The van der Waals surface area contributed by atoms with E-state index < -0.39 is 9.84 Å². The van der Waals surface area contributed by atoms with Crippen LogP contribution < -0.4 is 5.32 Å². The van der Waals surface area contributed by atoms with Crippen LogP contribution >= 0.6 is 12.2 Å². The van der Waals surface area contributed by atoms with E-state index in [1.165, 1.54) is 19.3 Å². The van der Waals surface area contributed by atoms with Gasteiger partial charge in [-0.3, -0.25) is 4.98 Å². The summed E-state index contributed by atoms with van der Waals surface area (Å²) in [5.41, 5.74) is 1.04. The first-order valence-electron chi connectivity index (χ1n) is 9.59. The van der Waals surface area contributed by atoms with E-state index in [4.69, 9.17) is 12.2 Å². The Kier molecular flexibility index (Phi) is 8.28. The van der Waals surface area contributed by atoms with Crippen molar-refractivity contribution >= 4 is 27.2 Å². The number of rotatable bonds is 9. The van der Waals surface area contributed by atoms with Crippen LogP contribution in [0.4, 0.5) is 0 Å². The summed E-state index contributed by atoms with van der Waals surface area (Å²) in [5, 5.41) is 4.07. The molecule has 1 aromatic heterocycles. The van der Waals surface area contributed by atoms with Gasteiger partial charge in [0.05, 0.1) is 11.5 Å². The van der Waals surface area contributed by atoms with Gasteiger partial charge in [0.25, 0.3) is 0 Å². The van der Waals surface area contributed by atoms with Crippen molar-refractivity contribution in [3.05, 3.63) is 30.1 Å². The summed E-state index contributed by atoms with van der Waals surface area (Å²) in [6.07, 6.45) is 8.94. The first kappa shape index (κ1) is 21.1. The van der Waals surface area contributed by atoms with E-state index in [2.05, 4.69) is 24.1 Å². The summed E-state index contributed by atoms with van der Waals surface area (Å²) in [7, 11) is -2.96.